The fourth-order valence-corrected chi connectivity index (χ4v) is 4.36. The Morgan fingerprint density at radius 3 is 2.96 bits per heavy atom. The number of ether oxygens (including phenoxy) is 1. The van der Waals surface area contributed by atoms with Crippen molar-refractivity contribution in [2.45, 2.75) is 45.1 Å². The molecule has 6 heteroatoms. The molecule has 2 fully saturated rings. The number of aryl methyl sites for hydroxylation is 1. The van der Waals surface area contributed by atoms with E-state index in [9.17, 15) is 9.59 Å². The van der Waals surface area contributed by atoms with Crippen molar-refractivity contribution in [1.82, 2.24) is 10.2 Å². The first-order valence-electron chi connectivity index (χ1n) is 8.37. The van der Waals surface area contributed by atoms with Gasteiger partial charge in [0.2, 0.25) is 5.91 Å². The number of likely N-dealkylation sites (tertiary alicyclic amines) is 1. The van der Waals surface area contributed by atoms with E-state index in [0.717, 1.165) is 25.8 Å². The van der Waals surface area contributed by atoms with Gasteiger partial charge in [-0.25, -0.2) is 4.79 Å². The van der Waals surface area contributed by atoms with E-state index >= 15 is 0 Å². The van der Waals surface area contributed by atoms with Crippen LogP contribution in [-0.4, -0.2) is 42.6 Å². The van der Waals surface area contributed by atoms with Gasteiger partial charge in [0.25, 0.3) is 0 Å². The number of carbonyl (C=O) groups is 2. The van der Waals surface area contributed by atoms with Crippen molar-refractivity contribution in [3.63, 3.8) is 0 Å². The Balaban J connectivity index is 1.53. The van der Waals surface area contributed by atoms with Gasteiger partial charge in [-0.2, -0.15) is 0 Å². The van der Waals surface area contributed by atoms with Crippen LogP contribution in [-0.2, 0) is 9.53 Å². The Morgan fingerprint density at radius 2 is 2.26 bits per heavy atom. The second kappa shape index (κ2) is 6.91. The summed E-state index contributed by atoms with van der Waals surface area (Å²) < 4.78 is 4.93. The predicted molar refractivity (Wildman–Crippen MR) is 89.7 cm³/mol. The van der Waals surface area contributed by atoms with Crippen molar-refractivity contribution in [1.29, 1.82) is 0 Å². The topological polar surface area (TPSA) is 58.6 Å². The van der Waals surface area contributed by atoms with E-state index in [1.807, 2.05) is 4.90 Å². The first kappa shape index (κ1) is 16.3. The van der Waals surface area contributed by atoms with Crippen LogP contribution < -0.4 is 5.32 Å². The number of carbonyl (C=O) groups excluding carboxylic acids is 2. The number of hydrogen-bond donors (Lipinski definition) is 1. The van der Waals surface area contributed by atoms with Gasteiger partial charge < -0.3 is 15.0 Å². The molecule has 2 aliphatic rings. The number of nitrogens with zero attached hydrogens (tertiary/aromatic N) is 1. The maximum atomic E-state index is 12.7. The highest BCUT2D eigenvalue weighted by molar-refractivity contribution is 7.12. The van der Waals surface area contributed by atoms with Gasteiger partial charge in [0.15, 0.2) is 0 Å². The molecule has 23 heavy (non-hydrogen) atoms. The molecule has 0 aromatic carbocycles. The number of nitrogens with one attached hydrogen (secondary N) is 1. The summed E-state index contributed by atoms with van der Waals surface area (Å²) >= 11 is 1.80. The SMILES string of the molecule is CCOC(=O)N[C@@H]1CCCN(C(=O)[C@@H]2C[C@H]2c2ccc(C)s2)C1. The number of hydrogen-bond acceptors (Lipinski definition) is 4. The van der Waals surface area contributed by atoms with Crippen molar-refractivity contribution in [2.75, 3.05) is 19.7 Å². The molecule has 0 unspecified atom stereocenters. The molecule has 1 aromatic rings. The largest absolute Gasteiger partial charge is 0.450 e. The molecule has 1 saturated carbocycles. The molecule has 1 N–H and O–H groups in total. The van der Waals surface area contributed by atoms with E-state index in [2.05, 4.69) is 24.4 Å². The molecular formula is C17H24N2O3S. The highest BCUT2D eigenvalue weighted by atomic mass is 32.1. The molecular weight excluding hydrogens is 312 g/mol. The predicted octanol–water partition coefficient (Wildman–Crippen LogP) is 2.90. The zero-order valence-electron chi connectivity index (χ0n) is 13.7. The first-order chi connectivity index (χ1) is 11.1. The fraction of sp³-hybridized carbons (Fsp3) is 0.647. The molecule has 0 radical (unpaired) electrons. The Kier molecular flexibility index (Phi) is 4.90. The summed E-state index contributed by atoms with van der Waals surface area (Å²) in [4.78, 5) is 28.8. The quantitative estimate of drug-likeness (QED) is 0.920. The molecule has 0 spiro atoms. The second-order valence-electron chi connectivity index (χ2n) is 6.39. The van der Waals surface area contributed by atoms with E-state index < -0.39 is 0 Å². The highest BCUT2D eigenvalue weighted by Gasteiger charge is 2.47. The van der Waals surface area contributed by atoms with Crippen LogP contribution in [0.1, 0.15) is 41.9 Å². The van der Waals surface area contributed by atoms with Crippen LogP contribution in [0.2, 0.25) is 0 Å². The Bertz CT molecular complexity index is 586. The van der Waals surface area contributed by atoms with Crippen molar-refractivity contribution in [3.8, 4) is 0 Å². The van der Waals surface area contributed by atoms with Gasteiger partial charge in [-0.1, -0.05) is 0 Å². The fourth-order valence-electron chi connectivity index (χ4n) is 3.30. The summed E-state index contributed by atoms with van der Waals surface area (Å²) in [6, 6.07) is 4.28. The number of amides is 2. The highest BCUT2D eigenvalue weighted by Crippen LogP contribution is 2.50. The molecule has 1 saturated heterocycles. The maximum Gasteiger partial charge on any atom is 0.407 e. The van der Waals surface area contributed by atoms with E-state index in [1.165, 1.54) is 9.75 Å². The monoisotopic (exact) mass is 336 g/mol. The van der Waals surface area contributed by atoms with Gasteiger partial charge >= 0.3 is 6.09 Å². The van der Waals surface area contributed by atoms with E-state index in [1.54, 1.807) is 18.3 Å². The van der Waals surface area contributed by atoms with Gasteiger partial charge in [-0.15, -0.1) is 11.3 Å². The van der Waals surface area contributed by atoms with Crippen LogP contribution in [0.15, 0.2) is 12.1 Å². The normalized spacial score (nSPS) is 26.7. The van der Waals surface area contributed by atoms with Crippen molar-refractivity contribution in [2.24, 2.45) is 5.92 Å². The molecule has 2 heterocycles. The molecule has 1 aliphatic heterocycles. The lowest BCUT2D eigenvalue weighted by atomic mass is 10.1. The standard InChI is InChI=1S/C17H24N2O3S/c1-3-22-17(21)18-12-5-4-8-19(10-12)16(20)14-9-13(14)15-7-6-11(2)23-15/h6-7,12-14H,3-5,8-10H2,1-2H3,(H,18,21)/t12-,13-,14-/m1/s1. The van der Waals surface area contributed by atoms with Gasteiger partial charge in [-0.05, 0) is 45.2 Å². The lowest BCUT2D eigenvalue weighted by Crippen LogP contribution is -2.50. The summed E-state index contributed by atoms with van der Waals surface area (Å²) in [6.07, 6.45) is 2.41. The minimum atomic E-state index is -0.384. The summed E-state index contributed by atoms with van der Waals surface area (Å²) in [5.41, 5.74) is 0. The third kappa shape index (κ3) is 3.86. The van der Waals surface area contributed by atoms with Crippen LogP contribution in [0.25, 0.3) is 0 Å². The lowest BCUT2D eigenvalue weighted by Gasteiger charge is -2.33. The van der Waals surface area contributed by atoms with Crippen LogP contribution >= 0.6 is 11.3 Å². The molecule has 3 rings (SSSR count). The molecule has 1 aliphatic carbocycles. The Morgan fingerprint density at radius 1 is 1.43 bits per heavy atom. The molecule has 1 aromatic heterocycles. The minimum absolute atomic E-state index is 0.00734. The van der Waals surface area contributed by atoms with E-state index in [0.29, 0.717) is 19.1 Å². The van der Waals surface area contributed by atoms with Crippen molar-refractivity contribution in [3.05, 3.63) is 21.9 Å². The van der Waals surface area contributed by atoms with Crippen LogP contribution in [0.5, 0.6) is 0 Å². The number of piperidine rings is 1. The average Bonchev–Trinajstić information content (AvgIpc) is 3.21. The van der Waals surface area contributed by atoms with E-state index in [4.69, 9.17) is 4.74 Å². The Labute approximate surface area is 141 Å². The maximum absolute atomic E-state index is 12.7. The van der Waals surface area contributed by atoms with Gasteiger partial charge in [0.1, 0.15) is 0 Å². The average molecular weight is 336 g/mol. The molecule has 0 bridgehead atoms. The zero-order chi connectivity index (χ0) is 16.4. The smallest absolute Gasteiger partial charge is 0.407 e. The van der Waals surface area contributed by atoms with E-state index in [-0.39, 0.29) is 24.0 Å². The molecule has 5 nitrogen and oxygen atoms in total. The summed E-state index contributed by atoms with van der Waals surface area (Å²) in [6.45, 7) is 5.65. The summed E-state index contributed by atoms with van der Waals surface area (Å²) in [5.74, 6) is 0.783. The molecule has 2 amide bonds. The second-order valence-corrected chi connectivity index (χ2v) is 7.70. The number of alkyl carbamates (subject to hydrolysis) is 1. The summed E-state index contributed by atoms with van der Waals surface area (Å²) in [5, 5.41) is 2.86. The van der Waals surface area contributed by atoms with Crippen LogP contribution in [0, 0.1) is 12.8 Å². The van der Waals surface area contributed by atoms with Crippen LogP contribution in [0.3, 0.4) is 0 Å². The Hall–Kier alpha value is -1.56. The van der Waals surface area contributed by atoms with Crippen molar-refractivity contribution < 1.29 is 14.3 Å². The first-order valence-corrected chi connectivity index (χ1v) is 9.18. The van der Waals surface area contributed by atoms with Gasteiger partial charge in [-0.3, -0.25) is 4.79 Å². The number of thiophene rings is 1. The molecule has 3 atom stereocenters. The van der Waals surface area contributed by atoms with Crippen LogP contribution in [0.4, 0.5) is 4.79 Å². The lowest BCUT2D eigenvalue weighted by molar-refractivity contribution is -0.134. The zero-order valence-corrected chi connectivity index (χ0v) is 14.5. The van der Waals surface area contributed by atoms with Crippen molar-refractivity contribution >= 4 is 23.3 Å². The third-order valence-corrected chi connectivity index (χ3v) is 5.70. The summed E-state index contributed by atoms with van der Waals surface area (Å²) in [7, 11) is 0. The molecule has 126 valence electrons. The minimum Gasteiger partial charge on any atom is -0.450 e. The number of rotatable bonds is 4. The van der Waals surface area contributed by atoms with Gasteiger partial charge in [0, 0.05) is 40.7 Å². The van der Waals surface area contributed by atoms with Gasteiger partial charge in [0.05, 0.1) is 6.61 Å². The third-order valence-electron chi connectivity index (χ3n) is 4.56.